The van der Waals surface area contributed by atoms with E-state index in [1.807, 2.05) is 0 Å². The van der Waals surface area contributed by atoms with Crippen molar-refractivity contribution in [1.82, 2.24) is 29.5 Å². The lowest BCUT2D eigenvalue weighted by Crippen LogP contribution is -2.31. The van der Waals surface area contributed by atoms with E-state index in [1.165, 1.54) is 10.7 Å². The molecule has 0 atom stereocenters. The summed E-state index contributed by atoms with van der Waals surface area (Å²) in [6, 6.07) is 3.59. The van der Waals surface area contributed by atoms with Crippen molar-refractivity contribution in [2.45, 2.75) is 19.0 Å². The number of halogens is 4. The molecule has 1 saturated carbocycles. The van der Waals surface area contributed by atoms with Crippen molar-refractivity contribution in [1.29, 1.82) is 0 Å². The number of anilines is 1. The maximum atomic E-state index is 13.0. The number of alkyl halides is 3. The fourth-order valence-electron chi connectivity index (χ4n) is 3.15. The van der Waals surface area contributed by atoms with Crippen LogP contribution in [0, 0.1) is 5.41 Å². The van der Waals surface area contributed by atoms with Gasteiger partial charge in [-0.2, -0.15) is 23.3 Å². The van der Waals surface area contributed by atoms with Crippen molar-refractivity contribution < 1.29 is 13.2 Å². The van der Waals surface area contributed by atoms with Crippen molar-refractivity contribution in [3.8, 4) is 11.3 Å². The van der Waals surface area contributed by atoms with Gasteiger partial charge in [0.05, 0.1) is 17.3 Å². The fourth-order valence-corrected chi connectivity index (χ4v) is 3.33. The molecule has 7 nitrogen and oxygen atoms in total. The summed E-state index contributed by atoms with van der Waals surface area (Å²) in [4.78, 5) is 15.6. The lowest BCUT2D eigenvalue weighted by molar-refractivity contribution is -0.182. The highest BCUT2D eigenvalue weighted by Crippen LogP contribution is 2.57. The third kappa shape index (κ3) is 2.67. The number of hydrogen-bond acceptors (Lipinski definition) is 5. The number of hydrogen-bond donors (Lipinski definition) is 2. The van der Waals surface area contributed by atoms with Gasteiger partial charge in [0, 0.05) is 29.9 Å². The number of fused-ring (bicyclic) bond motifs is 2. The summed E-state index contributed by atoms with van der Waals surface area (Å²) in [7, 11) is 0. The highest BCUT2D eigenvalue weighted by Gasteiger charge is 2.62. The molecule has 11 heteroatoms. The maximum Gasteiger partial charge on any atom is 0.396 e. The van der Waals surface area contributed by atoms with Crippen LogP contribution in [0.4, 0.5) is 19.1 Å². The van der Waals surface area contributed by atoms with Crippen LogP contribution in [-0.2, 0) is 0 Å². The second-order valence-electron chi connectivity index (χ2n) is 6.86. The van der Waals surface area contributed by atoms with Crippen LogP contribution < -0.4 is 5.32 Å². The number of nitrogens with zero attached hydrogens (tertiary/aromatic N) is 5. The van der Waals surface area contributed by atoms with Crippen LogP contribution in [0.15, 0.2) is 30.7 Å². The molecule has 0 saturated heterocycles. The zero-order valence-corrected chi connectivity index (χ0v) is 15.0. The fraction of sp³-hybridized carbons (Fsp3) is 0.294. The Morgan fingerprint density at radius 2 is 2.04 bits per heavy atom. The molecular weight excluding hydrogens is 395 g/mol. The van der Waals surface area contributed by atoms with E-state index in [4.69, 9.17) is 11.6 Å². The number of imidazole rings is 1. The van der Waals surface area contributed by atoms with Gasteiger partial charge >= 0.3 is 6.18 Å². The molecule has 1 aliphatic carbocycles. The predicted octanol–water partition coefficient (Wildman–Crippen LogP) is 4.08. The molecule has 4 aromatic rings. The zero-order valence-electron chi connectivity index (χ0n) is 14.3. The molecule has 0 bridgehead atoms. The topological polar surface area (TPSA) is 83.8 Å². The van der Waals surface area contributed by atoms with E-state index < -0.39 is 11.6 Å². The van der Waals surface area contributed by atoms with Crippen LogP contribution in [0.2, 0.25) is 5.15 Å². The Hall–Kier alpha value is -2.88. The number of aromatic nitrogens is 6. The Balaban J connectivity index is 1.44. The Morgan fingerprint density at radius 1 is 1.21 bits per heavy atom. The van der Waals surface area contributed by atoms with E-state index in [0.717, 1.165) is 5.56 Å². The maximum absolute atomic E-state index is 13.0. The highest BCUT2D eigenvalue weighted by atomic mass is 35.5. The first-order valence-electron chi connectivity index (χ1n) is 8.52. The van der Waals surface area contributed by atoms with Crippen LogP contribution in [0.1, 0.15) is 12.8 Å². The Kier molecular flexibility index (Phi) is 3.57. The molecule has 4 aromatic heterocycles. The SMILES string of the molecule is FC(F)(F)C1(CNc2ncc3c(-c4ccc5ncc(Cl)n5n4)c[nH]c3n2)CC1. The van der Waals surface area contributed by atoms with Crippen LogP contribution in [-0.4, -0.2) is 42.3 Å². The summed E-state index contributed by atoms with van der Waals surface area (Å²) in [5.74, 6) is 0.150. The third-order valence-electron chi connectivity index (χ3n) is 5.07. The summed E-state index contributed by atoms with van der Waals surface area (Å²) in [5, 5.41) is 8.26. The Bertz CT molecular complexity index is 1190. The van der Waals surface area contributed by atoms with Crippen molar-refractivity contribution in [2.24, 2.45) is 5.41 Å². The molecule has 144 valence electrons. The van der Waals surface area contributed by atoms with Gasteiger partial charge in [-0.25, -0.2) is 14.5 Å². The second-order valence-corrected chi connectivity index (χ2v) is 7.25. The summed E-state index contributed by atoms with van der Waals surface area (Å²) in [6.45, 7) is -0.229. The van der Waals surface area contributed by atoms with Crippen molar-refractivity contribution >= 4 is 34.2 Å². The first-order chi connectivity index (χ1) is 13.4. The average Bonchev–Trinajstić information content (AvgIpc) is 3.24. The smallest absolute Gasteiger partial charge is 0.353 e. The average molecular weight is 408 g/mol. The first kappa shape index (κ1) is 17.2. The van der Waals surface area contributed by atoms with Crippen molar-refractivity contribution in [3.05, 3.63) is 35.9 Å². The standard InChI is InChI=1S/C17H13ClF3N7/c18-12-7-22-13-2-1-11(27-28(12)13)9-5-23-14-10(9)6-24-15(26-14)25-8-16(3-4-16)17(19,20)21/h1-2,5-7H,3-4,8H2,(H2,23,24,25,26). The van der Waals surface area contributed by atoms with Gasteiger partial charge in [-0.1, -0.05) is 11.6 Å². The van der Waals surface area contributed by atoms with Gasteiger partial charge in [0.25, 0.3) is 0 Å². The van der Waals surface area contributed by atoms with Gasteiger partial charge in [0.1, 0.15) is 5.65 Å². The molecule has 1 aliphatic rings. The lowest BCUT2D eigenvalue weighted by Gasteiger charge is -2.19. The monoisotopic (exact) mass is 407 g/mol. The van der Waals surface area contributed by atoms with Crippen LogP contribution >= 0.6 is 11.6 Å². The van der Waals surface area contributed by atoms with Gasteiger partial charge in [-0.05, 0) is 25.0 Å². The lowest BCUT2D eigenvalue weighted by atomic mass is 10.1. The largest absolute Gasteiger partial charge is 0.396 e. The number of H-pyrrole nitrogens is 1. The van der Waals surface area contributed by atoms with Crippen molar-refractivity contribution in [2.75, 3.05) is 11.9 Å². The van der Waals surface area contributed by atoms with Crippen LogP contribution in [0.5, 0.6) is 0 Å². The van der Waals surface area contributed by atoms with Gasteiger partial charge in [0.2, 0.25) is 5.95 Å². The molecule has 0 spiro atoms. The van der Waals surface area contributed by atoms with Crippen molar-refractivity contribution in [3.63, 3.8) is 0 Å². The van der Waals surface area contributed by atoms with Gasteiger partial charge < -0.3 is 10.3 Å². The first-order valence-corrected chi connectivity index (χ1v) is 8.90. The summed E-state index contributed by atoms with van der Waals surface area (Å²) >= 11 is 6.07. The Morgan fingerprint density at radius 3 is 2.79 bits per heavy atom. The van der Waals surface area contributed by atoms with E-state index >= 15 is 0 Å². The molecule has 1 fully saturated rings. The molecule has 0 unspecified atom stereocenters. The van der Waals surface area contributed by atoms with Crippen LogP contribution in [0.25, 0.3) is 27.9 Å². The van der Waals surface area contributed by atoms with E-state index in [2.05, 4.69) is 30.4 Å². The summed E-state index contributed by atoms with van der Waals surface area (Å²) < 4.78 is 40.7. The molecule has 5 rings (SSSR count). The van der Waals surface area contributed by atoms with Gasteiger partial charge in [-0.15, -0.1) is 0 Å². The zero-order chi connectivity index (χ0) is 19.5. The second kappa shape index (κ2) is 5.81. The van der Waals surface area contributed by atoms with Gasteiger partial charge in [0.15, 0.2) is 10.8 Å². The quantitative estimate of drug-likeness (QED) is 0.532. The summed E-state index contributed by atoms with van der Waals surface area (Å²) in [6.07, 6.45) is 0.831. The number of nitrogens with one attached hydrogen (secondary N) is 2. The van der Waals surface area contributed by atoms with E-state index in [0.29, 0.717) is 27.5 Å². The molecule has 2 N–H and O–H groups in total. The molecule has 0 amide bonds. The number of rotatable bonds is 4. The minimum Gasteiger partial charge on any atom is -0.353 e. The Labute approximate surface area is 161 Å². The van der Waals surface area contributed by atoms with E-state index in [9.17, 15) is 13.2 Å². The van der Waals surface area contributed by atoms with Crippen LogP contribution in [0.3, 0.4) is 0 Å². The number of aromatic amines is 1. The molecule has 0 aromatic carbocycles. The molecule has 4 heterocycles. The summed E-state index contributed by atoms with van der Waals surface area (Å²) in [5.41, 5.74) is 0.854. The minimum atomic E-state index is -4.22. The predicted molar refractivity (Wildman–Crippen MR) is 97.1 cm³/mol. The molecule has 0 radical (unpaired) electrons. The third-order valence-corrected chi connectivity index (χ3v) is 5.33. The minimum absolute atomic E-state index is 0.128. The molecular formula is C17H13ClF3N7. The van der Waals surface area contributed by atoms with E-state index in [1.54, 1.807) is 24.5 Å². The van der Waals surface area contributed by atoms with Gasteiger partial charge in [-0.3, -0.25) is 0 Å². The van der Waals surface area contributed by atoms with E-state index in [-0.39, 0.29) is 25.3 Å². The molecule has 28 heavy (non-hydrogen) atoms. The highest BCUT2D eigenvalue weighted by molar-refractivity contribution is 6.29. The molecule has 0 aliphatic heterocycles. The normalized spacial score (nSPS) is 16.0.